The number of hydrogen-bond acceptors (Lipinski definition) is 4. The van der Waals surface area contributed by atoms with Gasteiger partial charge in [0, 0.05) is 0 Å². The second kappa shape index (κ2) is 16.7. The maximum atomic E-state index is 9.29. The molecule has 2 nitrogen and oxygen atoms in total. The fourth-order valence-corrected chi connectivity index (χ4v) is 3.87. The van der Waals surface area contributed by atoms with E-state index in [4.69, 9.17) is 0 Å². The van der Waals surface area contributed by atoms with Crippen LogP contribution in [0.3, 0.4) is 0 Å². The van der Waals surface area contributed by atoms with Gasteiger partial charge in [0.15, 0.2) is 0 Å². The van der Waals surface area contributed by atoms with Gasteiger partial charge in [-0.2, -0.15) is 11.8 Å². The summed E-state index contributed by atoms with van der Waals surface area (Å²) in [6, 6.07) is 0. The predicted octanol–water partition coefficient (Wildman–Crippen LogP) is 3.54. The van der Waals surface area contributed by atoms with Crippen LogP contribution in [0.5, 0.6) is 0 Å². The molecule has 0 aliphatic heterocycles. The van der Waals surface area contributed by atoms with Crippen LogP contribution in [0.2, 0.25) is 9.62 Å². The van der Waals surface area contributed by atoms with E-state index in [1.165, 1.54) is 51.4 Å². The van der Waals surface area contributed by atoms with E-state index in [1.807, 2.05) is 0 Å². The minimum absolute atomic E-state index is 0.427. The van der Waals surface area contributed by atoms with Gasteiger partial charge in [-0.15, -0.1) is 0 Å². The van der Waals surface area contributed by atoms with E-state index in [-0.39, 0.29) is 0 Å². The molecule has 0 radical (unpaired) electrons. The van der Waals surface area contributed by atoms with Crippen LogP contribution in [0.15, 0.2) is 0 Å². The molecule has 0 aromatic heterocycles. The molecule has 0 heterocycles. The molecule has 0 saturated carbocycles. The van der Waals surface area contributed by atoms with Crippen LogP contribution in [0.1, 0.15) is 65.2 Å². The van der Waals surface area contributed by atoms with Crippen LogP contribution in [0.25, 0.3) is 0 Å². The largest absolute Gasteiger partial charge is 0.850 e. The Hall–Kier alpha value is 1.61. The monoisotopic (exact) mass is 395 g/mol. The molecular formula is C12H26MoO2PS2. The minimum Gasteiger partial charge on any atom is -0.850 e. The molecule has 0 aromatic rings. The van der Waals surface area contributed by atoms with Crippen molar-refractivity contribution in [2.24, 2.45) is 0 Å². The van der Waals surface area contributed by atoms with Gasteiger partial charge in [-0.3, -0.25) is 0 Å². The summed E-state index contributed by atoms with van der Waals surface area (Å²) in [5.74, 6) is 0. The van der Waals surface area contributed by atoms with E-state index in [0.717, 1.165) is 0 Å². The third-order valence-corrected chi connectivity index (χ3v) is 5.12. The van der Waals surface area contributed by atoms with Gasteiger partial charge < -0.3 is 27.7 Å². The van der Waals surface area contributed by atoms with Crippen molar-refractivity contribution in [2.75, 3.05) is 0 Å². The maximum Gasteiger partial charge on any atom is -0.160 e. The van der Waals surface area contributed by atoms with E-state index in [0.29, 0.717) is 18.6 Å². The van der Waals surface area contributed by atoms with E-state index < -0.39 is 5.69 Å². The molecule has 0 N–H and O–H groups in total. The molecule has 0 aromatic carbocycles. The molecule has 0 unspecified atom stereocenters. The van der Waals surface area contributed by atoms with Crippen LogP contribution in [0, 0.1) is 0 Å². The first-order chi connectivity index (χ1) is 8.41. The summed E-state index contributed by atoms with van der Waals surface area (Å²) in [5, 5.41) is 0. The fraction of sp³-hybridized carbons (Fsp3) is 1.00. The summed E-state index contributed by atoms with van der Waals surface area (Å²) in [6.45, 7) is 4.59. The molecule has 6 heteroatoms. The first-order valence-electron chi connectivity index (χ1n) is 6.72. The SMILES string of the molecule is CCCCC[CH2][Mo+3][CH2]CCCCC.[O-]P([O-])(=S)[S-]. The van der Waals surface area contributed by atoms with Crippen molar-refractivity contribution in [3.05, 3.63) is 0 Å². The van der Waals surface area contributed by atoms with Gasteiger partial charge in [0.25, 0.3) is 0 Å². The Morgan fingerprint density at radius 1 is 0.889 bits per heavy atom. The van der Waals surface area contributed by atoms with Crippen molar-refractivity contribution >= 4 is 29.7 Å². The molecule has 0 amide bonds. The zero-order valence-electron chi connectivity index (χ0n) is 11.6. The Labute approximate surface area is 132 Å². The summed E-state index contributed by atoms with van der Waals surface area (Å²) in [4.78, 5) is 21.8. The van der Waals surface area contributed by atoms with Gasteiger partial charge >= 0.3 is 93.4 Å². The van der Waals surface area contributed by atoms with Crippen molar-refractivity contribution in [2.45, 2.75) is 74.8 Å². The molecule has 109 valence electrons. The van der Waals surface area contributed by atoms with Gasteiger partial charge in [0.05, 0.1) is 0 Å². The van der Waals surface area contributed by atoms with E-state index in [1.54, 1.807) is 9.62 Å². The Kier molecular flexibility index (Phi) is 20.3. The van der Waals surface area contributed by atoms with E-state index in [9.17, 15) is 9.79 Å². The van der Waals surface area contributed by atoms with Crippen LogP contribution in [-0.2, 0) is 42.6 Å². The van der Waals surface area contributed by atoms with Crippen molar-refractivity contribution in [3.63, 3.8) is 0 Å². The number of rotatable bonds is 10. The second-order valence-electron chi connectivity index (χ2n) is 4.18. The summed E-state index contributed by atoms with van der Waals surface area (Å²) < 4.78 is 0. The topological polar surface area (TPSA) is 46.1 Å². The quantitative estimate of drug-likeness (QED) is 0.247. The van der Waals surface area contributed by atoms with E-state index >= 15 is 0 Å². The van der Waals surface area contributed by atoms with Crippen LogP contribution >= 0.6 is 5.69 Å². The number of hydrogen-bond donors (Lipinski definition) is 0. The molecule has 0 aliphatic rings. The van der Waals surface area contributed by atoms with E-state index in [2.05, 4.69) is 37.9 Å². The zero-order chi connectivity index (χ0) is 14.3. The average molecular weight is 393 g/mol. The average Bonchev–Trinajstić information content (AvgIpc) is 2.25. The molecular weight excluding hydrogens is 367 g/mol. The van der Waals surface area contributed by atoms with Crippen molar-refractivity contribution in [1.82, 2.24) is 0 Å². The molecule has 0 spiro atoms. The standard InChI is InChI=1S/2C6H13.Mo.H3O2PS2/c2*1-3-5-6-4-2;;1-3(2,4)5/h2*1,3-6H2,2H3;;(H3,1,2,4,5)/q;;+3;/p-3. The van der Waals surface area contributed by atoms with Crippen LogP contribution < -0.4 is 9.79 Å². The third kappa shape index (κ3) is 36.0. The Morgan fingerprint density at radius 2 is 1.22 bits per heavy atom. The zero-order valence-corrected chi connectivity index (χ0v) is 16.1. The minimum atomic E-state index is -3.72. The summed E-state index contributed by atoms with van der Waals surface area (Å²) in [7, 11) is 0. The van der Waals surface area contributed by atoms with Gasteiger partial charge in [0.1, 0.15) is 0 Å². The van der Waals surface area contributed by atoms with Crippen LogP contribution in [-0.4, -0.2) is 0 Å². The van der Waals surface area contributed by atoms with Crippen molar-refractivity contribution in [1.29, 1.82) is 0 Å². The first-order valence-corrected chi connectivity index (χ1v) is 13.2. The second-order valence-corrected chi connectivity index (χ2v) is 11.7. The van der Waals surface area contributed by atoms with Gasteiger partial charge in [-0.25, -0.2) is 0 Å². The molecule has 0 atom stereocenters. The Balaban J connectivity index is 0. The molecule has 0 fully saturated rings. The molecule has 0 rings (SSSR count). The third-order valence-electron chi connectivity index (χ3n) is 2.28. The Morgan fingerprint density at radius 3 is 1.50 bits per heavy atom. The summed E-state index contributed by atoms with van der Waals surface area (Å²) in [5.41, 5.74) is -3.72. The summed E-state index contributed by atoms with van der Waals surface area (Å²) >= 11 is 7.71. The first kappa shape index (κ1) is 21.9. The number of unbranched alkanes of at least 4 members (excludes halogenated alkanes) is 6. The smallest absolute Gasteiger partial charge is 0.160 e. The van der Waals surface area contributed by atoms with Gasteiger partial charge in [-0.05, 0) is 0 Å². The molecule has 0 bridgehead atoms. The summed E-state index contributed by atoms with van der Waals surface area (Å²) in [6.07, 6.45) is 11.7. The Bertz CT molecular complexity index is 182. The molecule has 0 saturated heterocycles. The normalized spacial score (nSPS) is 10.5. The van der Waals surface area contributed by atoms with Crippen LogP contribution in [0.4, 0.5) is 0 Å². The maximum absolute atomic E-state index is 9.29. The fourth-order valence-electron chi connectivity index (χ4n) is 1.36. The van der Waals surface area contributed by atoms with Crippen molar-refractivity contribution < 1.29 is 28.3 Å². The predicted molar refractivity (Wildman–Crippen MR) is 79.5 cm³/mol. The van der Waals surface area contributed by atoms with Gasteiger partial charge in [0.2, 0.25) is 0 Å². The molecule has 0 aliphatic carbocycles. The molecule has 18 heavy (non-hydrogen) atoms. The van der Waals surface area contributed by atoms with Crippen molar-refractivity contribution in [3.8, 4) is 0 Å². The van der Waals surface area contributed by atoms with Gasteiger partial charge in [-0.1, -0.05) is 0 Å².